The normalized spacial score (nSPS) is 30.7. The van der Waals surface area contributed by atoms with Gasteiger partial charge in [0.05, 0.1) is 6.04 Å². The summed E-state index contributed by atoms with van der Waals surface area (Å²) in [5, 5.41) is 2.78. The van der Waals surface area contributed by atoms with Gasteiger partial charge < -0.3 is 16.0 Å². The van der Waals surface area contributed by atoms with Crippen LogP contribution in [0.5, 0.6) is 0 Å². The number of carbonyl (C=O) groups excluding carboxylic acids is 1. The molecule has 2 fully saturated rings. The fourth-order valence-electron chi connectivity index (χ4n) is 3.51. The van der Waals surface area contributed by atoms with Crippen LogP contribution in [0.2, 0.25) is 0 Å². The topological polar surface area (TPSA) is 61.6 Å². The number of nitrogens with zero attached hydrogens (tertiary/aromatic N) is 2. The highest BCUT2D eigenvalue weighted by molar-refractivity contribution is 5.81. The molecule has 2 atom stereocenters. The third-order valence-corrected chi connectivity index (χ3v) is 4.49. The highest BCUT2D eigenvalue weighted by Crippen LogP contribution is 2.25. The zero-order chi connectivity index (χ0) is 13.8. The van der Waals surface area contributed by atoms with Gasteiger partial charge in [0.15, 0.2) is 0 Å². The molecule has 2 aliphatic heterocycles. The Bertz CT molecular complexity index is 302. The second-order valence-corrected chi connectivity index (χ2v) is 5.90. The molecule has 19 heavy (non-hydrogen) atoms. The van der Waals surface area contributed by atoms with E-state index in [9.17, 15) is 4.79 Å². The van der Waals surface area contributed by atoms with E-state index >= 15 is 0 Å². The summed E-state index contributed by atoms with van der Waals surface area (Å²) in [5.74, 6) is 0.129. The summed E-state index contributed by atoms with van der Waals surface area (Å²) in [5.41, 5.74) is 6.06. The zero-order valence-electron chi connectivity index (χ0n) is 12.3. The molecule has 0 aromatic carbocycles. The first-order valence-electron chi connectivity index (χ1n) is 7.61. The van der Waals surface area contributed by atoms with E-state index in [-0.39, 0.29) is 18.0 Å². The number of nitrogens with one attached hydrogen (secondary N) is 1. The van der Waals surface area contributed by atoms with Gasteiger partial charge in [-0.25, -0.2) is 0 Å². The maximum absolute atomic E-state index is 12.0. The number of carbonyl (C=O) groups is 1. The van der Waals surface area contributed by atoms with Gasteiger partial charge in [0.25, 0.3) is 0 Å². The van der Waals surface area contributed by atoms with Crippen molar-refractivity contribution in [2.24, 2.45) is 5.73 Å². The molecule has 2 rings (SSSR count). The maximum Gasteiger partial charge on any atom is 0.237 e. The number of piperidine rings is 1. The molecule has 3 N–H and O–H groups in total. The van der Waals surface area contributed by atoms with Gasteiger partial charge in [-0.3, -0.25) is 9.69 Å². The van der Waals surface area contributed by atoms with Crippen molar-refractivity contribution in [3.8, 4) is 0 Å². The number of hydrogen-bond donors (Lipinski definition) is 2. The van der Waals surface area contributed by atoms with Gasteiger partial charge in [0.2, 0.25) is 5.91 Å². The third kappa shape index (κ3) is 3.46. The lowest BCUT2D eigenvalue weighted by atomic mass is 10.0. The van der Waals surface area contributed by atoms with Crippen LogP contribution < -0.4 is 11.1 Å². The molecule has 0 spiro atoms. The van der Waals surface area contributed by atoms with E-state index < -0.39 is 0 Å². The fraction of sp³-hybridized carbons (Fsp3) is 0.929. The monoisotopic (exact) mass is 268 g/mol. The largest absolute Gasteiger partial charge is 0.358 e. The molecule has 2 saturated heterocycles. The molecule has 0 aromatic rings. The van der Waals surface area contributed by atoms with Crippen LogP contribution in [0.1, 0.15) is 32.6 Å². The number of likely N-dealkylation sites (N-methyl/N-ethyl adjacent to an activating group) is 1. The van der Waals surface area contributed by atoms with Gasteiger partial charge in [0.1, 0.15) is 0 Å². The standard InChI is InChI=1S/C14H28N4O/c1-3-6-17-7-4-12(5-8-17)18-10-11(15)9-13(18)14(19)16-2/h11-13H,3-10,15H2,1-2H3,(H,16,19)/t11-,13+/m1/s1. The van der Waals surface area contributed by atoms with Crippen molar-refractivity contribution >= 4 is 5.91 Å². The van der Waals surface area contributed by atoms with Crippen LogP contribution in [0.3, 0.4) is 0 Å². The second kappa shape index (κ2) is 6.68. The summed E-state index contributed by atoms with van der Waals surface area (Å²) in [6, 6.07) is 0.669. The summed E-state index contributed by atoms with van der Waals surface area (Å²) in [6.45, 7) is 6.62. The number of hydrogen-bond acceptors (Lipinski definition) is 4. The Morgan fingerprint density at radius 1 is 1.37 bits per heavy atom. The van der Waals surface area contributed by atoms with Crippen molar-refractivity contribution < 1.29 is 4.79 Å². The van der Waals surface area contributed by atoms with E-state index in [1.54, 1.807) is 7.05 Å². The number of nitrogens with two attached hydrogens (primary N) is 1. The average Bonchev–Trinajstić information content (AvgIpc) is 2.81. The Morgan fingerprint density at radius 3 is 2.63 bits per heavy atom. The first kappa shape index (κ1) is 14.8. The second-order valence-electron chi connectivity index (χ2n) is 5.90. The van der Waals surface area contributed by atoms with E-state index in [1.165, 1.54) is 25.8 Å². The van der Waals surface area contributed by atoms with Gasteiger partial charge in [-0.05, 0) is 45.3 Å². The minimum Gasteiger partial charge on any atom is -0.358 e. The van der Waals surface area contributed by atoms with E-state index in [0.29, 0.717) is 6.04 Å². The molecule has 0 bridgehead atoms. The molecule has 1 amide bonds. The lowest BCUT2D eigenvalue weighted by molar-refractivity contribution is -0.126. The van der Waals surface area contributed by atoms with Crippen molar-refractivity contribution in [3.05, 3.63) is 0 Å². The summed E-state index contributed by atoms with van der Waals surface area (Å²) in [6.07, 6.45) is 4.36. The number of likely N-dealkylation sites (tertiary alicyclic amines) is 2. The van der Waals surface area contributed by atoms with Gasteiger partial charge in [-0.15, -0.1) is 0 Å². The first-order valence-corrected chi connectivity index (χ1v) is 7.61. The van der Waals surface area contributed by atoms with E-state index in [4.69, 9.17) is 5.73 Å². The van der Waals surface area contributed by atoms with Crippen molar-refractivity contribution in [3.63, 3.8) is 0 Å². The zero-order valence-corrected chi connectivity index (χ0v) is 12.3. The minimum atomic E-state index is -0.0114. The van der Waals surface area contributed by atoms with Crippen LogP contribution in [0.25, 0.3) is 0 Å². The smallest absolute Gasteiger partial charge is 0.237 e. The maximum atomic E-state index is 12.0. The SMILES string of the molecule is CCCN1CCC(N2C[C@H](N)C[C@H]2C(=O)NC)CC1. The molecule has 0 radical (unpaired) electrons. The molecule has 2 heterocycles. The van der Waals surface area contributed by atoms with Crippen molar-refractivity contribution in [2.45, 2.75) is 50.7 Å². The molecule has 110 valence electrons. The van der Waals surface area contributed by atoms with E-state index in [1.807, 2.05) is 0 Å². The molecule has 0 saturated carbocycles. The summed E-state index contributed by atoms with van der Waals surface area (Å²) in [4.78, 5) is 16.8. The Hall–Kier alpha value is -0.650. The lowest BCUT2D eigenvalue weighted by Gasteiger charge is -2.38. The number of rotatable bonds is 4. The predicted octanol–water partition coefficient (Wildman–Crippen LogP) is 0.00840. The molecule has 5 heteroatoms. The van der Waals surface area contributed by atoms with Crippen LogP contribution >= 0.6 is 0 Å². The molecule has 2 aliphatic rings. The average molecular weight is 268 g/mol. The van der Waals surface area contributed by atoms with E-state index in [2.05, 4.69) is 22.0 Å². The molecule has 0 aromatic heterocycles. The Balaban J connectivity index is 1.92. The van der Waals surface area contributed by atoms with Crippen LogP contribution in [0.15, 0.2) is 0 Å². The van der Waals surface area contributed by atoms with Gasteiger partial charge >= 0.3 is 0 Å². The molecule has 0 aliphatic carbocycles. The highest BCUT2D eigenvalue weighted by atomic mass is 16.2. The van der Waals surface area contributed by atoms with Crippen molar-refractivity contribution in [1.82, 2.24) is 15.1 Å². The van der Waals surface area contributed by atoms with E-state index in [0.717, 1.165) is 26.1 Å². The minimum absolute atomic E-state index is 0.0114. The highest BCUT2D eigenvalue weighted by Gasteiger charge is 2.39. The van der Waals surface area contributed by atoms with Crippen molar-refractivity contribution in [2.75, 3.05) is 33.2 Å². The molecular formula is C14H28N4O. The van der Waals surface area contributed by atoms with Gasteiger partial charge in [-0.1, -0.05) is 6.92 Å². The van der Waals surface area contributed by atoms with Gasteiger partial charge in [0, 0.05) is 25.7 Å². The molecular weight excluding hydrogens is 240 g/mol. The third-order valence-electron chi connectivity index (χ3n) is 4.49. The van der Waals surface area contributed by atoms with Crippen molar-refractivity contribution in [1.29, 1.82) is 0 Å². The first-order chi connectivity index (χ1) is 9.15. The van der Waals surface area contributed by atoms with Crippen LogP contribution in [0, 0.1) is 0 Å². The fourth-order valence-corrected chi connectivity index (χ4v) is 3.51. The summed E-state index contributed by atoms with van der Waals surface area (Å²) < 4.78 is 0. The van der Waals surface area contributed by atoms with Gasteiger partial charge in [-0.2, -0.15) is 0 Å². The Labute approximate surface area is 116 Å². The van der Waals surface area contributed by atoms with Crippen LogP contribution in [-0.2, 0) is 4.79 Å². The predicted molar refractivity (Wildman–Crippen MR) is 76.9 cm³/mol. The number of amides is 1. The van der Waals surface area contributed by atoms with Crippen LogP contribution in [-0.4, -0.2) is 67.1 Å². The summed E-state index contributed by atoms with van der Waals surface area (Å²) >= 11 is 0. The quantitative estimate of drug-likeness (QED) is 0.754. The van der Waals surface area contributed by atoms with Crippen LogP contribution in [0.4, 0.5) is 0 Å². The Morgan fingerprint density at radius 2 is 2.05 bits per heavy atom. The molecule has 5 nitrogen and oxygen atoms in total. The Kier molecular flexibility index (Phi) is 5.19. The summed E-state index contributed by atoms with van der Waals surface area (Å²) in [7, 11) is 1.72. The lowest BCUT2D eigenvalue weighted by Crippen LogP contribution is -2.51. The molecule has 0 unspecified atom stereocenters.